The number of fused-ring (bicyclic) bond motifs is 1. The summed E-state index contributed by atoms with van der Waals surface area (Å²) in [5, 5.41) is 7.54. The number of rotatable bonds is 8. The summed E-state index contributed by atoms with van der Waals surface area (Å²) in [4.78, 5) is 17.5. The van der Waals surface area contributed by atoms with Crippen molar-refractivity contribution >= 4 is 23.4 Å². The maximum atomic E-state index is 12.9. The van der Waals surface area contributed by atoms with Gasteiger partial charge in [0.25, 0.3) is 0 Å². The molecule has 2 aliphatic rings. The first-order valence-electron chi connectivity index (χ1n) is 12.3. The van der Waals surface area contributed by atoms with Gasteiger partial charge in [0.2, 0.25) is 5.91 Å². The lowest BCUT2D eigenvalue weighted by molar-refractivity contribution is -0.131. The molecule has 0 bridgehead atoms. The molecule has 1 amide bonds. The lowest BCUT2D eigenvalue weighted by Crippen LogP contribution is -2.33. The molecule has 2 aliphatic heterocycles. The number of nitrogens with zero attached hydrogens (tertiary/aromatic N) is 2. The van der Waals surface area contributed by atoms with Gasteiger partial charge < -0.3 is 25.7 Å². The summed E-state index contributed by atoms with van der Waals surface area (Å²) in [6.07, 6.45) is 8.36. The van der Waals surface area contributed by atoms with Crippen molar-refractivity contribution in [3.63, 3.8) is 0 Å². The Labute approximate surface area is 202 Å². The normalized spacial score (nSPS) is 18.4. The van der Waals surface area contributed by atoms with Crippen molar-refractivity contribution in [1.29, 1.82) is 5.41 Å². The molecule has 6 nitrogen and oxygen atoms in total. The van der Waals surface area contributed by atoms with E-state index >= 15 is 0 Å². The molecule has 2 aromatic rings. The number of nitrogens with one attached hydrogen (secondary N) is 1. The van der Waals surface area contributed by atoms with Crippen LogP contribution in [-0.2, 0) is 17.6 Å². The molecule has 3 N–H and O–H groups in total. The van der Waals surface area contributed by atoms with Gasteiger partial charge in [-0.25, -0.2) is 0 Å². The SMILES string of the molecule is COc1ccccc1CCC(=O)N1CCCC(CN2CCc3cc(/C(C=N)=C/N)ccc32)CC1. The van der Waals surface area contributed by atoms with Crippen LogP contribution in [0.25, 0.3) is 5.57 Å². The summed E-state index contributed by atoms with van der Waals surface area (Å²) >= 11 is 0. The Morgan fingerprint density at radius 2 is 2.03 bits per heavy atom. The quantitative estimate of drug-likeness (QED) is 0.577. The molecule has 0 saturated carbocycles. The monoisotopic (exact) mass is 460 g/mol. The largest absolute Gasteiger partial charge is 0.496 e. The lowest BCUT2D eigenvalue weighted by atomic mass is 9.99. The number of ether oxygens (including phenoxy) is 1. The molecule has 180 valence electrons. The van der Waals surface area contributed by atoms with Gasteiger partial charge in [0.05, 0.1) is 7.11 Å². The van der Waals surface area contributed by atoms with E-state index in [-0.39, 0.29) is 5.91 Å². The lowest BCUT2D eigenvalue weighted by Gasteiger charge is -2.26. The van der Waals surface area contributed by atoms with E-state index in [1.165, 1.54) is 23.7 Å². The Hall–Kier alpha value is -3.28. The second-order valence-electron chi connectivity index (χ2n) is 9.30. The van der Waals surface area contributed by atoms with Crippen LogP contribution in [0.2, 0.25) is 0 Å². The third kappa shape index (κ3) is 5.44. The van der Waals surface area contributed by atoms with E-state index in [2.05, 4.69) is 28.0 Å². The van der Waals surface area contributed by atoms with Crippen molar-refractivity contribution < 1.29 is 9.53 Å². The highest BCUT2D eigenvalue weighted by molar-refractivity contribution is 6.08. The third-order valence-electron chi connectivity index (χ3n) is 7.22. The molecule has 0 aliphatic carbocycles. The van der Waals surface area contributed by atoms with Crippen LogP contribution in [0.4, 0.5) is 5.69 Å². The minimum atomic E-state index is 0.251. The number of allylic oxidation sites excluding steroid dienone is 1. The number of carbonyl (C=O) groups excluding carboxylic acids is 1. The zero-order valence-corrected chi connectivity index (χ0v) is 20.1. The van der Waals surface area contributed by atoms with Gasteiger partial charge in [-0.1, -0.05) is 24.3 Å². The van der Waals surface area contributed by atoms with Crippen molar-refractivity contribution in [2.24, 2.45) is 11.7 Å². The van der Waals surface area contributed by atoms with E-state index in [4.69, 9.17) is 15.9 Å². The summed E-state index contributed by atoms with van der Waals surface area (Å²) in [7, 11) is 1.68. The van der Waals surface area contributed by atoms with Crippen molar-refractivity contribution in [2.75, 3.05) is 38.2 Å². The van der Waals surface area contributed by atoms with Gasteiger partial charge in [-0.05, 0) is 72.9 Å². The van der Waals surface area contributed by atoms with E-state index in [0.717, 1.165) is 74.3 Å². The minimum absolute atomic E-state index is 0.251. The summed E-state index contributed by atoms with van der Waals surface area (Å²) in [5.74, 6) is 1.71. The smallest absolute Gasteiger partial charge is 0.222 e. The van der Waals surface area contributed by atoms with Crippen molar-refractivity contribution in [2.45, 2.75) is 38.5 Å². The van der Waals surface area contributed by atoms with Gasteiger partial charge in [-0.2, -0.15) is 0 Å². The Kier molecular flexibility index (Phi) is 7.88. The molecule has 0 radical (unpaired) electrons. The van der Waals surface area contributed by atoms with Crippen LogP contribution in [0, 0.1) is 11.3 Å². The number of aryl methyl sites for hydroxylation is 1. The van der Waals surface area contributed by atoms with Crippen LogP contribution in [-0.4, -0.2) is 50.3 Å². The second-order valence-corrected chi connectivity index (χ2v) is 9.30. The molecule has 2 heterocycles. The molecule has 34 heavy (non-hydrogen) atoms. The second kappa shape index (κ2) is 11.2. The van der Waals surface area contributed by atoms with Crippen molar-refractivity contribution in [1.82, 2.24) is 4.90 Å². The first-order valence-corrected chi connectivity index (χ1v) is 12.3. The van der Waals surface area contributed by atoms with Crippen LogP contribution < -0.4 is 15.4 Å². The van der Waals surface area contributed by atoms with E-state index in [1.54, 1.807) is 7.11 Å². The maximum Gasteiger partial charge on any atom is 0.222 e. The van der Waals surface area contributed by atoms with Crippen LogP contribution in [0.1, 0.15) is 42.4 Å². The Morgan fingerprint density at radius 3 is 2.82 bits per heavy atom. The number of likely N-dealkylation sites (tertiary alicyclic amines) is 1. The Balaban J connectivity index is 1.30. The van der Waals surface area contributed by atoms with Crippen LogP contribution in [0.15, 0.2) is 48.7 Å². The topological polar surface area (TPSA) is 82.7 Å². The molecular formula is C28H36N4O2. The summed E-state index contributed by atoms with van der Waals surface area (Å²) < 4.78 is 5.43. The predicted molar refractivity (Wildman–Crippen MR) is 139 cm³/mol. The standard InChI is InChI=1S/C28H36N4O2/c1-34-27-7-3-2-6-22(27)9-11-28(33)31-14-4-5-21(12-15-31)20-32-16-13-24-17-23(8-10-26(24)32)25(18-29)19-30/h2-3,6-8,10,17-19,21,29H,4-5,9,11-16,20,30H2,1H3/b25-19+,29-18?. The Morgan fingerprint density at radius 1 is 1.18 bits per heavy atom. The molecular weight excluding hydrogens is 424 g/mol. The number of hydrogen-bond acceptors (Lipinski definition) is 5. The fourth-order valence-corrected chi connectivity index (χ4v) is 5.29. The Bertz CT molecular complexity index is 1050. The number of anilines is 1. The van der Waals surface area contributed by atoms with E-state index in [0.29, 0.717) is 18.8 Å². The first-order chi connectivity index (χ1) is 16.6. The number of carbonyl (C=O) groups is 1. The van der Waals surface area contributed by atoms with Gasteiger partial charge >= 0.3 is 0 Å². The molecule has 0 spiro atoms. The van der Waals surface area contributed by atoms with Gasteiger partial charge in [0.15, 0.2) is 0 Å². The molecule has 4 rings (SSSR count). The van der Waals surface area contributed by atoms with Crippen molar-refractivity contribution in [3.8, 4) is 5.75 Å². The highest BCUT2D eigenvalue weighted by atomic mass is 16.5. The first kappa shape index (κ1) is 23.9. The number of amides is 1. The highest BCUT2D eigenvalue weighted by Gasteiger charge is 2.26. The summed E-state index contributed by atoms with van der Waals surface area (Å²) in [6.45, 7) is 3.78. The number of hydrogen-bond donors (Lipinski definition) is 2. The van der Waals surface area contributed by atoms with Crippen LogP contribution in [0.5, 0.6) is 5.75 Å². The molecule has 1 unspecified atom stereocenters. The van der Waals surface area contributed by atoms with Gasteiger partial charge in [0, 0.05) is 56.3 Å². The molecule has 2 aromatic carbocycles. The van der Waals surface area contributed by atoms with E-state index in [1.807, 2.05) is 24.3 Å². The van der Waals surface area contributed by atoms with Gasteiger partial charge in [-0.3, -0.25) is 4.79 Å². The fourth-order valence-electron chi connectivity index (χ4n) is 5.29. The van der Waals surface area contributed by atoms with Crippen molar-refractivity contribution in [3.05, 3.63) is 65.4 Å². The molecule has 1 fully saturated rings. The highest BCUT2D eigenvalue weighted by Crippen LogP contribution is 2.32. The van der Waals surface area contributed by atoms with Crippen LogP contribution >= 0.6 is 0 Å². The predicted octanol–water partition coefficient (Wildman–Crippen LogP) is 4.27. The minimum Gasteiger partial charge on any atom is -0.496 e. The molecule has 0 aromatic heterocycles. The zero-order valence-electron chi connectivity index (χ0n) is 20.1. The van der Waals surface area contributed by atoms with E-state index in [9.17, 15) is 4.79 Å². The molecule has 1 atom stereocenters. The average molecular weight is 461 g/mol. The number of nitrogens with two attached hydrogens (primary N) is 1. The summed E-state index contributed by atoms with van der Waals surface area (Å²) in [6, 6.07) is 14.4. The molecule has 1 saturated heterocycles. The maximum absolute atomic E-state index is 12.9. The third-order valence-corrected chi connectivity index (χ3v) is 7.22. The molecule has 6 heteroatoms. The fraction of sp³-hybridized carbons (Fsp3) is 0.429. The van der Waals surface area contributed by atoms with Gasteiger partial charge in [-0.15, -0.1) is 0 Å². The van der Waals surface area contributed by atoms with E-state index < -0.39 is 0 Å². The average Bonchev–Trinajstić information content (AvgIpc) is 3.11. The number of benzene rings is 2. The summed E-state index contributed by atoms with van der Waals surface area (Å²) in [5.41, 5.74) is 11.2. The van der Waals surface area contributed by atoms with Gasteiger partial charge in [0.1, 0.15) is 5.75 Å². The van der Waals surface area contributed by atoms with Crippen LogP contribution in [0.3, 0.4) is 0 Å². The number of para-hydroxylation sites is 1. The zero-order chi connectivity index (χ0) is 23.9. The number of methoxy groups -OCH3 is 1.